The molecule has 0 saturated heterocycles. The predicted octanol–water partition coefficient (Wildman–Crippen LogP) is 1.54. The first-order chi connectivity index (χ1) is 8.83. The molecule has 1 rings (SSSR count). The van der Waals surface area contributed by atoms with Gasteiger partial charge in [-0.3, -0.25) is 0 Å². The molecule has 0 spiro atoms. The van der Waals surface area contributed by atoms with Crippen LogP contribution in [0.15, 0.2) is 0 Å². The highest BCUT2D eigenvalue weighted by atomic mass is 32.2. The van der Waals surface area contributed by atoms with E-state index in [9.17, 15) is 0 Å². The Morgan fingerprint density at radius 3 is 2.28 bits per heavy atom. The first-order valence-electron chi connectivity index (χ1n) is 6.73. The molecular formula is C13H27NO3S. The molecule has 0 atom stereocenters. The number of hydrogen-bond donors (Lipinski definition) is 1. The van der Waals surface area contributed by atoms with E-state index in [1.807, 2.05) is 11.8 Å². The van der Waals surface area contributed by atoms with Crippen molar-refractivity contribution in [2.24, 2.45) is 0 Å². The van der Waals surface area contributed by atoms with Gasteiger partial charge in [0.15, 0.2) is 0 Å². The van der Waals surface area contributed by atoms with Gasteiger partial charge in [-0.05, 0) is 19.1 Å². The molecule has 0 radical (unpaired) electrons. The maximum Gasteiger partial charge on any atom is 0.0701 e. The fourth-order valence-corrected chi connectivity index (χ4v) is 2.89. The van der Waals surface area contributed by atoms with E-state index in [2.05, 4.69) is 11.6 Å². The molecule has 5 heteroatoms. The average Bonchev–Trinajstić information content (AvgIpc) is 2.34. The fraction of sp³-hybridized carbons (Fsp3) is 1.00. The van der Waals surface area contributed by atoms with Crippen molar-refractivity contribution in [3.63, 3.8) is 0 Å². The highest BCUT2D eigenvalue weighted by Crippen LogP contribution is 2.41. The van der Waals surface area contributed by atoms with Crippen LogP contribution < -0.4 is 5.32 Å². The molecule has 18 heavy (non-hydrogen) atoms. The summed E-state index contributed by atoms with van der Waals surface area (Å²) in [4.78, 5) is 0. The van der Waals surface area contributed by atoms with Crippen molar-refractivity contribution in [1.29, 1.82) is 0 Å². The molecule has 1 saturated carbocycles. The molecule has 4 nitrogen and oxygen atoms in total. The second-order valence-electron chi connectivity index (χ2n) is 4.64. The lowest BCUT2D eigenvalue weighted by Crippen LogP contribution is -2.44. The monoisotopic (exact) mass is 277 g/mol. The van der Waals surface area contributed by atoms with Crippen LogP contribution >= 0.6 is 11.8 Å². The summed E-state index contributed by atoms with van der Waals surface area (Å²) in [7, 11) is 1.68. The van der Waals surface area contributed by atoms with Crippen LogP contribution in [0.3, 0.4) is 0 Å². The van der Waals surface area contributed by atoms with Gasteiger partial charge in [0.25, 0.3) is 0 Å². The minimum Gasteiger partial charge on any atom is -0.382 e. The van der Waals surface area contributed by atoms with Crippen LogP contribution in [0.1, 0.15) is 19.3 Å². The van der Waals surface area contributed by atoms with Crippen LogP contribution in [0.2, 0.25) is 0 Å². The molecule has 0 heterocycles. The summed E-state index contributed by atoms with van der Waals surface area (Å²) in [5.74, 6) is 0. The molecule has 0 unspecified atom stereocenters. The number of rotatable bonds is 12. The summed E-state index contributed by atoms with van der Waals surface area (Å²) in [6.07, 6.45) is 6.32. The first-order valence-corrected chi connectivity index (χ1v) is 7.96. The van der Waals surface area contributed by atoms with Crippen LogP contribution in [0.4, 0.5) is 0 Å². The largest absolute Gasteiger partial charge is 0.382 e. The molecule has 0 aromatic carbocycles. The van der Waals surface area contributed by atoms with E-state index in [4.69, 9.17) is 14.2 Å². The van der Waals surface area contributed by atoms with Crippen molar-refractivity contribution < 1.29 is 14.2 Å². The van der Waals surface area contributed by atoms with Crippen LogP contribution in [0, 0.1) is 0 Å². The third kappa shape index (κ3) is 6.38. The molecule has 1 N–H and O–H groups in total. The summed E-state index contributed by atoms with van der Waals surface area (Å²) >= 11 is 2.00. The Balaban J connectivity index is 1.78. The Morgan fingerprint density at radius 1 is 1.06 bits per heavy atom. The Bertz CT molecular complexity index is 195. The second-order valence-corrected chi connectivity index (χ2v) is 5.91. The minimum absolute atomic E-state index is 0.517. The van der Waals surface area contributed by atoms with E-state index in [0.717, 1.165) is 19.7 Å². The molecule has 0 aromatic heterocycles. The highest BCUT2D eigenvalue weighted by molar-refractivity contribution is 8.00. The van der Waals surface area contributed by atoms with E-state index in [0.29, 0.717) is 31.2 Å². The molecule has 0 aromatic rings. The van der Waals surface area contributed by atoms with Gasteiger partial charge in [0.1, 0.15) is 0 Å². The van der Waals surface area contributed by atoms with Crippen LogP contribution in [-0.4, -0.2) is 64.2 Å². The number of thioether (sulfide) groups is 1. The van der Waals surface area contributed by atoms with E-state index in [1.165, 1.54) is 19.3 Å². The summed E-state index contributed by atoms with van der Waals surface area (Å²) in [6, 6.07) is 0. The molecule has 1 aliphatic rings. The standard InChI is InChI=1S/C13H27NO3S/c1-15-8-9-17-11-10-16-7-6-14-12-13(18-2)4-3-5-13/h14H,3-12H2,1-2H3. The third-order valence-electron chi connectivity index (χ3n) is 3.37. The van der Waals surface area contributed by atoms with Crippen molar-refractivity contribution in [2.75, 3.05) is 59.5 Å². The zero-order valence-corrected chi connectivity index (χ0v) is 12.5. The average molecular weight is 277 g/mol. The van der Waals surface area contributed by atoms with Crippen molar-refractivity contribution >= 4 is 11.8 Å². The molecule has 1 aliphatic carbocycles. The quantitative estimate of drug-likeness (QED) is 0.548. The van der Waals surface area contributed by atoms with Crippen LogP contribution in [0.25, 0.3) is 0 Å². The Morgan fingerprint density at radius 2 is 1.72 bits per heavy atom. The minimum atomic E-state index is 0.517. The number of ether oxygens (including phenoxy) is 3. The number of methoxy groups -OCH3 is 1. The second kappa shape index (κ2) is 10.0. The lowest BCUT2D eigenvalue weighted by atomic mass is 9.84. The van der Waals surface area contributed by atoms with Crippen LogP contribution in [-0.2, 0) is 14.2 Å². The third-order valence-corrected chi connectivity index (χ3v) is 4.79. The Kier molecular flexibility index (Phi) is 9.06. The molecule has 0 aliphatic heterocycles. The van der Waals surface area contributed by atoms with E-state index < -0.39 is 0 Å². The zero-order valence-electron chi connectivity index (χ0n) is 11.7. The lowest BCUT2D eigenvalue weighted by Gasteiger charge is -2.40. The van der Waals surface area contributed by atoms with Gasteiger partial charge in [-0.25, -0.2) is 0 Å². The summed E-state index contributed by atoms with van der Waals surface area (Å²) in [5, 5.41) is 3.48. The van der Waals surface area contributed by atoms with E-state index in [-0.39, 0.29) is 0 Å². The molecular weight excluding hydrogens is 250 g/mol. The molecule has 1 fully saturated rings. The smallest absolute Gasteiger partial charge is 0.0701 e. The SMILES string of the molecule is COCCOCCOCCNCC1(SC)CCC1. The molecule has 0 amide bonds. The topological polar surface area (TPSA) is 39.7 Å². The van der Waals surface area contributed by atoms with Gasteiger partial charge >= 0.3 is 0 Å². The van der Waals surface area contributed by atoms with Crippen molar-refractivity contribution in [3.05, 3.63) is 0 Å². The van der Waals surface area contributed by atoms with Gasteiger partial charge in [0, 0.05) is 24.9 Å². The van der Waals surface area contributed by atoms with Gasteiger partial charge in [-0.2, -0.15) is 11.8 Å². The van der Waals surface area contributed by atoms with Crippen molar-refractivity contribution in [2.45, 2.75) is 24.0 Å². The lowest BCUT2D eigenvalue weighted by molar-refractivity contribution is 0.0254. The first kappa shape index (κ1) is 16.2. The van der Waals surface area contributed by atoms with Crippen LogP contribution in [0.5, 0.6) is 0 Å². The normalized spacial score (nSPS) is 17.7. The fourth-order valence-electron chi connectivity index (χ4n) is 1.95. The maximum atomic E-state index is 5.48. The summed E-state index contributed by atoms with van der Waals surface area (Å²) < 4.78 is 16.2. The highest BCUT2D eigenvalue weighted by Gasteiger charge is 2.35. The van der Waals surface area contributed by atoms with E-state index in [1.54, 1.807) is 7.11 Å². The Labute approximate surface area is 115 Å². The summed E-state index contributed by atoms with van der Waals surface area (Å²) in [5.41, 5.74) is 0. The van der Waals surface area contributed by atoms with Gasteiger partial charge in [-0.15, -0.1) is 0 Å². The number of nitrogens with one attached hydrogen (secondary N) is 1. The molecule has 0 bridgehead atoms. The van der Waals surface area contributed by atoms with Gasteiger partial charge in [0.05, 0.1) is 33.0 Å². The molecule has 108 valence electrons. The van der Waals surface area contributed by atoms with Crippen molar-refractivity contribution in [1.82, 2.24) is 5.32 Å². The van der Waals surface area contributed by atoms with Crippen molar-refractivity contribution in [3.8, 4) is 0 Å². The van der Waals surface area contributed by atoms with E-state index >= 15 is 0 Å². The summed E-state index contributed by atoms with van der Waals surface area (Å²) in [6.45, 7) is 5.42. The Hall–Kier alpha value is 0.190. The van der Waals surface area contributed by atoms with Gasteiger partial charge in [0.2, 0.25) is 0 Å². The van der Waals surface area contributed by atoms with Gasteiger partial charge < -0.3 is 19.5 Å². The maximum absolute atomic E-state index is 5.48. The van der Waals surface area contributed by atoms with Gasteiger partial charge in [-0.1, -0.05) is 6.42 Å². The zero-order chi connectivity index (χ0) is 13.1. The number of hydrogen-bond acceptors (Lipinski definition) is 5. The predicted molar refractivity (Wildman–Crippen MR) is 76.5 cm³/mol.